The van der Waals surface area contributed by atoms with Gasteiger partial charge in [-0.3, -0.25) is 14.5 Å². The second kappa shape index (κ2) is 7.53. The Bertz CT molecular complexity index is 1000. The van der Waals surface area contributed by atoms with Gasteiger partial charge in [0.1, 0.15) is 18.3 Å². The van der Waals surface area contributed by atoms with E-state index in [2.05, 4.69) is 15.3 Å². The second-order valence-corrected chi connectivity index (χ2v) is 7.95. The third-order valence-corrected chi connectivity index (χ3v) is 5.77. The molecule has 0 radical (unpaired) electrons. The van der Waals surface area contributed by atoms with Crippen LogP contribution in [-0.2, 0) is 9.59 Å². The predicted molar refractivity (Wildman–Crippen MR) is 110 cm³/mol. The lowest BCUT2D eigenvalue weighted by atomic mass is 10.0. The van der Waals surface area contributed by atoms with E-state index in [1.165, 1.54) is 11.2 Å². The molecule has 0 saturated heterocycles. The minimum atomic E-state index is -0.874. The van der Waals surface area contributed by atoms with E-state index in [0.29, 0.717) is 24.2 Å². The number of imide groups is 1. The van der Waals surface area contributed by atoms with Gasteiger partial charge < -0.3 is 15.3 Å². The number of hydrogen-bond acceptors (Lipinski definition) is 7. The molecule has 2 aliphatic heterocycles. The number of nitrogens with one attached hydrogen (secondary N) is 1. The van der Waals surface area contributed by atoms with Gasteiger partial charge in [-0.2, -0.15) is 0 Å². The second-order valence-electron chi connectivity index (χ2n) is 7.95. The summed E-state index contributed by atoms with van der Waals surface area (Å²) in [7, 11) is 0. The first-order valence-corrected chi connectivity index (χ1v) is 10.3. The van der Waals surface area contributed by atoms with Gasteiger partial charge in [0.25, 0.3) is 11.8 Å². The normalized spacial score (nSPS) is 19.9. The maximum Gasteiger partial charge on any atom is 0.277 e. The van der Waals surface area contributed by atoms with Crippen LogP contribution in [0.15, 0.2) is 54.3 Å². The van der Waals surface area contributed by atoms with Crippen molar-refractivity contribution in [2.45, 2.75) is 38.0 Å². The molecule has 2 aromatic rings. The number of β-amino-alcohol motifs (C(OH)–C–C–N with tert-alkyl or cyclic N) is 1. The van der Waals surface area contributed by atoms with Gasteiger partial charge in [-0.05, 0) is 43.4 Å². The molecule has 5 rings (SSSR count). The lowest BCUT2D eigenvalue weighted by Gasteiger charge is -2.31. The Hall–Kier alpha value is -3.26. The highest BCUT2D eigenvalue weighted by atomic mass is 16.3. The fraction of sp³-hybridized carbons (Fsp3) is 0.364. The summed E-state index contributed by atoms with van der Waals surface area (Å²) in [5.41, 5.74) is 3.76. The van der Waals surface area contributed by atoms with E-state index < -0.39 is 6.23 Å². The number of aliphatic hydroxyl groups is 1. The van der Waals surface area contributed by atoms with Gasteiger partial charge in [0, 0.05) is 41.8 Å². The van der Waals surface area contributed by atoms with Crippen molar-refractivity contribution in [3.8, 4) is 11.1 Å². The zero-order valence-electron chi connectivity index (χ0n) is 16.5. The highest BCUT2D eigenvalue weighted by molar-refractivity contribution is 6.19. The van der Waals surface area contributed by atoms with E-state index in [1.807, 2.05) is 29.2 Å². The molecule has 1 fully saturated rings. The topological polar surface area (TPSA) is 98.7 Å². The number of amides is 2. The average Bonchev–Trinajstić information content (AvgIpc) is 3.56. The molecule has 2 N–H and O–H groups in total. The average molecular weight is 405 g/mol. The summed E-state index contributed by atoms with van der Waals surface area (Å²) in [5, 5.41) is 13.7. The summed E-state index contributed by atoms with van der Waals surface area (Å²) in [4.78, 5) is 36.8. The van der Waals surface area contributed by atoms with Crippen LogP contribution in [-0.4, -0.2) is 62.0 Å². The summed E-state index contributed by atoms with van der Waals surface area (Å²) in [6.07, 6.45) is 7.34. The number of rotatable bonds is 6. The quantitative estimate of drug-likeness (QED) is 0.558. The summed E-state index contributed by atoms with van der Waals surface area (Å²) in [5.74, 6) is -0.330. The number of benzene rings is 1. The highest BCUT2D eigenvalue weighted by Crippen LogP contribution is 2.38. The van der Waals surface area contributed by atoms with Crippen molar-refractivity contribution in [1.82, 2.24) is 19.8 Å². The van der Waals surface area contributed by atoms with Crippen LogP contribution in [0, 0.1) is 0 Å². The summed E-state index contributed by atoms with van der Waals surface area (Å²) in [6, 6.07) is 7.69. The van der Waals surface area contributed by atoms with Crippen molar-refractivity contribution in [3.05, 3.63) is 54.3 Å². The van der Waals surface area contributed by atoms with Gasteiger partial charge in [0.05, 0.1) is 6.54 Å². The molecular formula is C22H23N5O3. The Kier molecular flexibility index (Phi) is 4.71. The molecule has 2 amide bonds. The van der Waals surface area contributed by atoms with Gasteiger partial charge in [0.2, 0.25) is 0 Å². The molecule has 1 unspecified atom stereocenters. The van der Waals surface area contributed by atoms with Crippen molar-refractivity contribution in [2.75, 3.05) is 18.4 Å². The third-order valence-electron chi connectivity index (χ3n) is 5.77. The Morgan fingerprint density at radius 1 is 1.07 bits per heavy atom. The molecule has 0 bridgehead atoms. The van der Waals surface area contributed by atoms with Crippen molar-refractivity contribution in [2.24, 2.45) is 0 Å². The molecule has 1 aromatic carbocycles. The van der Waals surface area contributed by atoms with Crippen LogP contribution < -0.4 is 5.32 Å². The molecule has 8 heteroatoms. The van der Waals surface area contributed by atoms with Gasteiger partial charge in [0.15, 0.2) is 0 Å². The standard InChI is InChI=1S/C22H23N5O3/c28-19(25-16-5-3-14(4-6-16)15-10-23-13-24-11-15)12-26-9-1-2-18-20(26)22(30)27(21(18)29)17-7-8-17/h3-6,10-11,13,17,19,25,28H,1-2,7-9,12H2. The fourth-order valence-corrected chi connectivity index (χ4v) is 4.19. The zero-order valence-corrected chi connectivity index (χ0v) is 16.5. The highest BCUT2D eigenvalue weighted by Gasteiger charge is 2.48. The van der Waals surface area contributed by atoms with Crippen molar-refractivity contribution >= 4 is 17.5 Å². The van der Waals surface area contributed by atoms with E-state index in [1.54, 1.807) is 12.4 Å². The van der Waals surface area contributed by atoms with Crippen LogP contribution in [0.5, 0.6) is 0 Å². The lowest BCUT2D eigenvalue weighted by Crippen LogP contribution is -2.41. The monoisotopic (exact) mass is 405 g/mol. The van der Waals surface area contributed by atoms with Crippen LogP contribution in [0.4, 0.5) is 5.69 Å². The van der Waals surface area contributed by atoms with Gasteiger partial charge in [-0.1, -0.05) is 12.1 Å². The Morgan fingerprint density at radius 3 is 2.50 bits per heavy atom. The molecule has 1 atom stereocenters. The van der Waals surface area contributed by atoms with Crippen LogP contribution in [0.3, 0.4) is 0 Å². The van der Waals surface area contributed by atoms with E-state index in [-0.39, 0.29) is 24.4 Å². The molecule has 3 aliphatic rings. The molecule has 1 saturated carbocycles. The van der Waals surface area contributed by atoms with Crippen LogP contribution in [0.1, 0.15) is 25.7 Å². The molecular weight excluding hydrogens is 382 g/mol. The van der Waals surface area contributed by atoms with Gasteiger partial charge in [-0.25, -0.2) is 9.97 Å². The maximum atomic E-state index is 12.8. The number of aliphatic hydroxyl groups excluding tert-OH is 1. The van der Waals surface area contributed by atoms with Crippen LogP contribution in [0.25, 0.3) is 11.1 Å². The molecule has 0 spiro atoms. The molecule has 1 aliphatic carbocycles. The molecule has 3 heterocycles. The summed E-state index contributed by atoms with van der Waals surface area (Å²) >= 11 is 0. The predicted octanol–water partition coefficient (Wildman–Crippen LogP) is 1.75. The number of carbonyl (C=O) groups is 2. The molecule has 30 heavy (non-hydrogen) atoms. The van der Waals surface area contributed by atoms with Crippen LogP contribution >= 0.6 is 0 Å². The first-order chi connectivity index (χ1) is 14.6. The largest absolute Gasteiger partial charge is 0.372 e. The SMILES string of the molecule is O=C1C2=C(C(=O)N1C1CC1)N(CC(O)Nc1ccc(-c3cncnc3)cc1)CCC2. The minimum absolute atomic E-state index is 0.0639. The molecule has 154 valence electrons. The Morgan fingerprint density at radius 2 is 1.80 bits per heavy atom. The van der Waals surface area contributed by atoms with Crippen molar-refractivity contribution in [1.29, 1.82) is 0 Å². The molecule has 8 nitrogen and oxygen atoms in total. The van der Waals surface area contributed by atoms with Crippen molar-refractivity contribution < 1.29 is 14.7 Å². The zero-order chi connectivity index (χ0) is 20.7. The fourth-order valence-electron chi connectivity index (χ4n) is 4.19. The summed E-state index contributed by atoms with van der Waals surface area (Å²) in [6.45, 7) is 0.896. The number of anilines is 1. The lowest BCUT2D eigenvalue weighted by molar-refractivity contribution is -0.138. The minimum Gasteiger partial charge on any atom is -0.372 e. The first-order valence-electron chi connectivity index (χ1n) is 10.3. The number of aromatic nitrogens is 2. The number of nitrogens with zero attached hydrogens (tertiary/aromatic N) is 4. The molecule has 1 aromatic heterocycles. The Labute approximate surface area is 174 Å². The van der Waals surface area contributed by atoms with Crippen molar-refractivity contribution in [3.63, 3.8) is 0 Å². The first kappa shape index (κ1) is 18.7. The van der Waals surface area contributed by atoms with Gasteiger partial charge in [-0.15, -0.1) is 0 Å². The summed E-state index contributed by atoms with van der Waals surface area (Å²) < 4.78 is 0. The van der Waals surface area contributed by atoms with E-state index in [0.717, 1.165) is 36.1 Å². The third kappa shape index (κ3) is 3.43. The number of carbonyl (C=O) groups excluding carboxylic acids is 2. The van der Waals surface area contributed by atoms with E-state index in [9.17, 15) is 14.7 Å². The van der Waals surface area contributed by atoms with E-state index in [4.69, 9.17) is 0 Å². The smallest absolute Gasteiger partial charge is 0.277 e. The maximum absolute atomic E-state index is 12.8. The Balaban J connectivity index is 1.26. The van der Waals surface area contributed by atoms with Gasteiger partial charge >= 0.3 is 0 Å². The number of hydrogen-bond donors (Lipinski definition) is 2. The van der Waals surface area contributed by atoms with E-state index >= 15 is 0 Å². The van der Waals surface area contributed by atoms with Crippen LogP contribution in [0.2, 0.25) is 0 Å².